The van der Waals surface area contributed by atoms with Gasteiger partial charge in [-0.25, -0.2) is 0 Å². The average molecular weight is 324 g/mol. The van der Waals surface area contributed by atoms with Gasteiger partial charge in [0.25, 0.3) is 0 Å². The van der Waals surface area contributed by atoms with E-state index in [1.165, 1.54) is 0 Å². The second-order valence-electron chi connectivity index (χ2n) is 7.65. The fourth-order valence-corrected chi connectivity index (χ4v) is 3.54. The average Bonchev–Trinajstić information content (AvgIpc) is 2.86. The predicted molar refractivity (Wildman–Crippen MR) is 94.3 cm³/mol. The summed E-state index contributed by atoms with van der Waals surface area (Å²) < 4.78 is 11.5. The standard InChI is InChI=1S/C21H24O3/c1-19(2)20(3,4)21(19,5)18(22)24-17-13-9-12-16(14-17)23-15-10-7-6-8-11-15/h6-14H,1-5H3. The van der Waals surface area contributed by atoms with Crippen LogP contribution in [0.15, 0.2) is 54.6 Å². The van der Waals surface area contributed by atoms with Crippen LogP contribution >= 0.6 is 0 Å². The molecular formula is C21H24O3. The Bertz CT molecular complexity index is 746. The number of hydrogen-bond donors (Lipinski definition) is 0. The van der Waals surface area contributed by atoms with E-state index in [1.54, 1.807) is 12.1 Å². The number of para-hydroxylation sites is 1. The SMILES string of the molecule is CC1(C)C(C)(C)C1(C)C(=O)Oc1cccc(Oc2ccccc2)c1. The van der Waals surface area contributed by atoms with Crippen LogP contribution in [-0.4, -0.2) is 5.97 Å². The zero-order valence-corrected chi connectivity index (χ0v) is 14.9. The second kappa shape index (κ2) is 5.37. The Kier molecular flexibility index (Phi) is 3.71. The van der Waals surface area contributed by atoms with Gasteiger partial charge in [0.05, 0.1) is 5.41 Å². The maximum absolute atomic E-state index is 12.7. The summed E-state index contributed by atoms with van der Waals surface area (Å²) in [5.74, 6) is 1.71. The first-order chi connectivity index (χ1) is 11.2. The maximum atomic E-state index is 12.7. The molecule has 0 bridgehead atoms. The van der Waals surface area contributed by atoms with Crippen LogP contribution in [0.2, 0.25) is 0 Å². The van der Waals surface area contributed by atoms with Gasteiger partial charge in [0.15, 0.2) is 0 Å². The third-order valence-corrected chi connectivity index (χ3v) is 6.40. The van der Waals surface area contributed by atoms with Crippen LogP contribution in [0.5, 0.6) is 17.2 Å². The molecule has 3 nitrogen and oxygen atoms in total. The smallest absolute Gasteiger partial charge is 0.318 e. The van der Waals surface area contributed by atoms with Gasteiger partial charge in [-0.2, -0.15) is 0 Å². The number of rotatable bonds is 4. The summed E-state index contributed by atoms with van der Waals surface area (Å²) in [5.41, 5.74) is -0.666. The van der Waals surface area contributed by atoms with Crippen LogP contribution in [0, 0.1) is 16.2 Å². The predicted octanol–water partition coefficient (Wildman–Crippen LogP) is 5.46. The van der Waals surface area contributed by atoms with Crippen LogP contribution in [-0.2, 0) is 4.79 Å². The highest BCUT2D eigenvalue weighted by Gasteiger charge is 2.79. The number of esters is 1. The first-order valence-corrected chi connectivity index (χ1v) is 8.25. The van der Waals surface area contributed by atoms with Gasteiger partial charge in [-0.1, -0.05) is 52.0 Å². The minimum absolute atomic E-state index is 0.0881. The third-order valence-electron chi connectivity index (χ3n) is 6.40. The lowest BCUT2D eigenvalue weighted by Gasteiger charge is -2.15. The van der Waals surface area contributed by atoms with Gasteiger partial charge in [-0.15, -0.1) is 0 Å². The number of benzene rings is 2. The molecule has 1 aliphatic rings. The summed E-state index contributed by atoms with van der Waals surface area (Å²) in [6, 6.07) is 16.7. The van der Waals surface area contributed by atoms with Crippen molar-refractivity contribution in [1.82, 2.24) is 0 Å². The molecule has 0 spiro atoms. The molecular weight excluding hydrogens is 300 g/mol. The van der Waals surface area contributed by atoms with Gasteiger partial charge in [0, 0.05) is 6.07 Å². The zero-order valence-electron chi connectivity index (χ0n) is 14.9. The highest BCUT2D eigenvalue weighted by Crippen LogP contribution is 2.77. The number of carbonyl (C=O) groups is 1. The van der Waals surface area contributed by atoms with Gasteiger partial charge >= 0.3 is 5.97 Å². The van der Waals surface area contributed by atoms with E-state index in [2.05, 4.69) is 27.7 Å². The lowest BCUT2D eigenvalue weighted by Crippen LogP contribution is -2.25. The van der Waals surface area contributed by atoms with E-state index < -0.39 is 5.41 Å². The van der Waals surface area contributed by atoms with Crippen LogP contribution in [0.3, 0.4) is 0 Å². The topological polar surface area (TPSA) is 35.5 Å². The van der Waals surface area contributed by atoms with Crippen molar-refractivity contribution >= 4 is 5.97 Å². The third kappa shape index (κ3) is 2.31. The number of hydrogen-bond acceptors (Lipinski definition) is 3. The van der Waals surface area contributed by atoms with Gasteiger partial charge in [0.2, 0.25) is 0 Å². The Morgan fingerprint density at radius 3 is 1.88 bits per heavy atom. The summed E-state index contributed by atoms with van der Waals surface area (Å²) in [5, 5.41) is 0. The van der Waals surface area contributed by atoms with Crippen molar-refractivity contribution in [2.45, 2.75) is 34.6 Å². The van der Waals surface area contributed by atoms with Crippen molar-refractivity contribution in [2.75, 3.05) is 0 Å². The largest absolute Gasteiger partial charge is 0.457 e. The van der Waals surface area contributed by atoms with E-state index >= 15 is 0 Å². The molecule has 0 saturated heterocycles. The molecule has 3 rings (SSSR count). The molecule has 24 heavy (non-hydrogen) atoms. The zero-order chi connectivity index (χ0) is 17.6. The highest BCUT2D eigenvalue weighted by molar-refractivity contribution is 5.85. The molecule has 0 N–H and O–H groups in total. The lowest BCUT2D eigenvalue weighted by molar-refractivity contribution is -0.142. The van der Waals surface area contributed by atoms with Crippen molar-refractivity contribution < 1.29 is 14.3 Å². The maximum Gasteiger partial charge on any atom is 0.318 e. The van der Waals surface area contributed by atoms with Crippen LogP contribution in [0.4, 0.5) is 0 Å². The quantitative estimate of drug-likeness (QED) is 0.553. The first kappa shape index (κ1) is 16.6. The number of ether oxygens (including phenoxy) is 2. The van der Waals surface area contributed by atoms with Crippen molar-refractivity contribution in [3.63, 3.8) is 0 Å². The van der Waals surface area contributed by atoms with E-state index in [0.717, 1.165) is 5.75 Å². The Balaban J connectivity index is 1.75. The Hall–Kier alpha value is -2.29. The molecule has 0 heterocycles. The second-order valence-corrected chi connectivity index (χ2v) is 7.65. The van der Waals surface area contributed by atoms with Gasteiger partial charge in [-0.3, -0.25) is 4.79 Å². The summed E-state index contributed by atoms with van der Waals surface area (Å²) in [6.07, 6.45) is 0. The van der Waals surface area contributed by atoms with Gasteiger partial charge < -0.3 is 9.47 Å². The van der Waals surface area contributed by atoms with Gasteiger partial charge in [0.1, 0.15) is 17.2 Å². The van der Waals surface area contributed by atoms with Crippen molar-refractivity contribution in [3.05, 3.63) is 54.6 Å². The monoisotopic (exact) mass is 324 g/mol. The molecule has 1 aliphatic carbocycles. The van der Waals surface area contributed by atoms with E-state index in [9.17, 15) is 4.79 Å². The Morgan fingerprint density at radius 1 is 0.750 bits per heavy atom. The molecule has 0 atom stereocenters. The van der Waals surface area contributed by atoms with Crippen LogP contribution in [0.25, 0.3) is 0 Å². The van der Waals surface area contributed by atoms with Gasteiger partial charge in [-0.05, 0) is 42.0 Å². The minimum atomic E-state index is -0.490. The van der Waals surface area contributed by atoms with Crippen molar-refractivity contribution in [2.24, 2.45) is 16.2 Å². The van der Waals surface area contributed by atoms with Crippen molar-refractivity contribution in [3.8, 4) is 17.2 Å². The molecule has 126 valence electrons. The summed E-state index contributed by atoms with van der Waals surface area (Å²) in [6.45, 7) is 10.4. The van der Waals surface area contributed by atoms with E-state index in [4.69, 9.17) is 9.47 Å². The summed E-state index contributed by atoms with van der Waals surface area (Å²) in [4.78, 5) is 12.7. The number of carbonyl (C=O) groups excluding carboxylic acids is 1. The molecule has 0 aromatic heterocycles. The van der Waals surface area contributed by atoms with Crippen LogP contribution in [0.1, 0.15) is 34.6 Å². The van der Waals surface area contributed by atoms with Crippen LogP contribution < -0.4 is 9.47 Å². The minimum Gasteiger partial charge on any atom is -0.457 e. The molecule has 1 saturated carbocycles. The highest BCUT2D eigenvalue weighted by atomic mass is 16.5. The molecule has 0 amide bonds. The molecule has 3 heteroatoms. The fourth-order valence-electron chi connectivity index (χ4n) is 3.54. The van der Waals surface area contributed by atoms with E-state index in [1.807, 2.05) is 49.4 Å². The fraction of sp³-hybridized carbons (Fsp3) is 0.381. The Morgan fingerprint density at radius 2 is 1.29 bits per heavy atom. The molecule has 0 unspecified atom stereocenters. The van der Waals surface area contributed by atoms with E-state index in [-0.39, 0.29) is 16.8 Å². The lowest BCUT2D eigenvalue weighted by atomic mass is 9.98. The molecule has 0 radical (unpaired) electrons. The Labute approximate surface area is 143 Å². The summed E-state index contributed by atoms with van der Waals surface area (Å²) >= 11 is 0. The van der Waals surface area contributed by atoms with E-state index in [0.29, 0.717) is 11.5 Å². The summed E-state index contributed by atoms with van der Waals surface area (Å²) in [7, 11) is 0. The first-order valence-electron chi connectivity index (χ1n) is 8.25. The normalized spacial score (nSPS) is 19.4. The molecule has 0 aliphatic heterocycles. The molecule has 2 aromatic rings. The van der Waals surface area contributed by atoms with Crippen molar-refractivity contribution in [1.29, 1.82) is 0 Å². The molecule has 2 aromatic carbocycles. The molecule has 1 fully saturated rings.